The molecule has 11 heavy (non-hydrogen) atoms. The van der Waals surface area contributed by atoms with Crippen LogP contribution in [0.5, 0.6) is 0 Å². The zero-order valence-electron chi connectivity index (χ0n) is 5.83. The van der Waals surface area contributed by atoms with E-state index in [0.717, 1.165) is 0 Å². The summed E-state index contributed by atoms with van der Waals surface area (Å²) in [6, 6.07) is 0. The van der Waals surface area contributed by atoms with Crippen molar-refractivity contribution in [2.24, 2.45) is 0 Å². The average Bonchev–Trinajstić information content (AvgIpc) is 1.95. The monoisotopic (exact) mass is 168 g/mol. The molecular formula is C6H10F2O3. The van der Waals surface area contributed by atoms with Crippen LogP contribution >= 0.6 is 0 Å². The van der Waals surface area contributed by atoms with Crippen molar-refractivity contribution < 1.29 is 23.7 Å². The maximum atomic E-state index is 12.7. The molecule has 66 valence electrons. The fraction of sp³-hybridized carbons (Fsp3) is 1.00. The van der Waals surface area contributed by atoms with Crippen LogP contribution in [0.3, 0.4) is 0 Å². The summed E-state index contributed by atoms with van der Waals surface area (Å²) in [6.07, 6.45) is -3.32. The van der Waals surface area contributed by atoms with E-state index in [1.165, 1.54) is 0 Å². The molecule has 0 saturated carbocycles. The molecule has 1 heterocycles. The van der Waals surface area contributed by atoms with Crippen molar-refractivity contribution in [2.45, 2.75) is 24.6 Å². The van der Waals surface area contributed by atoms with Gasteiger partial charge in [0.2, 0.25) is 0 Å². The average molecular weight is 168 g/mol. The molecule has 0 aromatic heterocycles. The first-order valence-corrected chi connectivity index (χ1v) is 3.37. The first-order valence-electron chi connectivity index (χ1n) is 3.37. The first kappa shape index (κ1) is 8.83. The molecule has 1 fully saturated rings. The van der Waals surface area contributed by atoms with E-state index >= 15 is 0 Å². The van der Waals surface area contributed by atoms with Crippen molar-refractivity contribution in [1.82, 2.24) is 0 Å². The van der Waals surface area contributed by atoms with Gasteiger partial charge in [0.25, 0.3) is 0 Å². The molecule has 1 rings (SSSR count). The molecule has 0 aliphatic carbocycles. The summed E-state index contributed by atoms with van der Waals surface area (Å²) in [6.45, 7) is -0.688. The van der Waals surface area contributed by atoms with Gasteiger partial charge in [-0.25, -0.2) is 8.78 Å². The lowest BCUT2D eigenvalue weighted by Gasteiger charge is -2.33. The third kappa shape index (κ3) is 1.50. The van der Waals surface area contributed by atoms with Crippen molar-refractivity contribution in [3.63, 3.8) is 0 Å². The number of hydrogen-bond donors (Lipinski definition) is 2. The lowest BCUT2D eigenvalue weighted by molar-refractivity contribution is -0.236. The van der Waals surface area contributed by atoms with Crippen molar-refractivity contribution in [3.8, 4) is 0 Å². The van der Waals surface area contributed by atoms with Crippen LogP contribution in [-0.4, -0.2) is 41.6 Å². The molecule has 0 aromatic carbocycles. The van der Waals surface area contributed by atoms with Gasteiger partial charge >= 0.3 is 5.92 Å². The fourth-order valence-electron chi connectivity index (χ4n) is 1.01. The van der Waals surface area contributed by atoms with E-state index in [0.29, 0.717) is 0 Å². The standard InChI is InChI=1S/C6H10F2O3/c7-6(8)4(10)1-2-11-5(6)3-9/h4-5,9-10H,1-3H2/t4-,5+/m0/s1. The fourth-order valence-corrected chi connectivity index (χ4v) is 1.01. The second kappa shape index (κ2) is 3.00. The minimum absolute atomic E-state index is 0.0714. The van der Waals surface area contributed by atoms with Crippen LogP contribution in [0.25, 0.3) is 0 Å². The van der Waals surface area contributed by atoms with Crippen LogP contribution in [0.4, 0.5) is 8.78 Å². The van der Waals surface area contributed by atoms with Gasteiger partial charge in [0, 0.05) is 6.42 Å². The predicted octanol–water partition coefficient (Wildman–Crippen LogP) is -0.236. The normalized spacial score (nSPS) is 37.1. The molecular weight excluding hydrogens is 158 g/mol. The maximum absolute atomic E-state index is 12.7. The Hall–Kier alpha value is -0.260. The number of ether oxygens (including phenoxy) is 1. The van der Waals surface area contributed by atoms with E-state index in [-0.39, 0.29) is 13.0 Å². The lowest BCUT2D eigenvalue weighted by Crippen LogP contribution is -2.52. The molecule has 0 unspecified atom stereocenters. The van der Waals surface area contributed by atoms with E-state index < -0.39 is 24.7 Å². The topological polar surface area (TPSA) is 49.7 Å². The second-order valence-corrected chi connectivity index (χ2v) is 2.52. The summed E-state index contributed by atoms with van der Waals surface area (Å²) in [5.41, 5.74) is 0. The third-order valence-corrected chi connectivity index (χ3v) is 1.75. The Kier molecular flexibility index (Phi) is 2.41. The molecule has 5 heteroatoms. The van der Waals surface area contributed by atoms with Gasteiger partial charge in [0.05, 0.1) is 13.2 Å². The van der Waals surface area contributed by atoms with Gasteiger partial charge in [-0.15, -0.1) is 0 Å². The summed E-state index contributed by atoms with van der Waals surface area (Å²) in [4.78, 5) is 0. The molecule has 1 aliphatic rings. The largest absolute Gasteiger partial charge is 0.393 e. The zero-order chi connectivity index (χ0) is 8.48. The van der Waals surface area contributed by atoms with E-state index in [2.05, 4.69) is 4.74 Å². The summed E-state index contributed by atoms with van der Waals surface area (Å²) >= 11 is 0. The number of halogens is 2. The zero-order valence-corrected chi connectivity index (χ0v) is 5.83. The highest BCUT2D eigenvalue weighted by Crippen LogP contribution is 2.31. The summed E-state index contributed by atoms with van der Waals surface area (Å²) < 4.78 is 30.0. The minimum atomic E-state index is -3.31. The Labute approximate surface area is 62.6 Å². The molecule has 2 N–H and O–H groups in total. The highest BCUT2D eigenvalue weighted by Gasteiger charge is 2.49. The van der Waals surface area contributed by atoms with Gasteiger partial charge in [0.15, 0.2) is 0 Å². The SMILES string of the molecule is OC[C@H]1OCC[C@H](O)C1(F)F. The van der Waals surface area contributed by atoms with Gasteiger partial charge in [0.1, 0.15) is 12.2 Å². The molecule has 0 bridgehead atoms. The van der Waals surface area contributed by atoms with Crippen LogP contribution in [0, 0.1) is 0 Å². The van der Waals surface area contributed by atoms with Gasteiger partial charge in [-0.2, -0.15) is 0 Å². The van der Waals surface area contributed by atoms with E-state index in [1.54, 1.807) is 0 Å². The molecule has 0 aromatic rings. The molecule has 0 spiro atoms. The van der Waals surface area contributed by atoms with Crippen LogP contribution in [-0.2, 0) is 4.74 Å². The number of aliphatic hydroxyl groups is 2. The Morgan fingerprint density at radius 2 is 2.18 bits per heavy atom. The summed E-state index contributed by atoms with van der Waals surface area (Å²) in [7, 11) is 0. The molecule has 0 amide bonds. The van der Waals surface area contributed by atoms with Crippen molar-refractivity contribution in [1.29, 1.82) is 0 Å². The summed E-state index contributed by atoms with van der Waals surface area (Å²) in [5, 5.41) is 17.2. The third-order valence-electron chi connectivity index (χ3n) is 1.75. The molecule has 1 saturated heterocycles. The lowest BCUT2D eigenvalue weighted by atomic mass is 10.0. The molecule has 2 atom stereocenters. The molecule has 3 nitrogen and oxygen atoms in total. The molecule has 0 radical (unpaired) electrons. The van der Waals surface area contributed by atoms with Gasteiger partial charge in [-0.3, -0.25) is 0 Å². The van der Waals surface area contributed by atoms with Crippen LogP contribution < -0.4 is 0 Å². The molecule has 1 aliphatic heterocycles. The minimum Gasteiger partial charge on any atom is -0.393 e. The quantitative estimate of drug-likeness (QED) is 0.568. The van der Waals surface area contributed by atoms with E-state index in [4.69, 9.17) is 10.2 Å². The van der Waals surface area contributed by atoms with Crippen molar-refractivity contribution >= 4 is 0 Å². The second-order valence-electron chi connectivity index (χ2n) is 2.52. The van der Waals surface area contributed by atoms with E-state index in [9.17, 15) is 8.78 Å². The summed E-state index contributed by atoms with van der Waals surface area (Å²) in [5.74, 6) is -3.31. The number of hydrogen-bond acceptors (Lipinski definition) is 3. The first-order chi connectivity index (χ1) is 5.09. The Balaban J connectivity index is 2.64. The smallest absolute Gasteiger partial charge is 0.301 e. The van der Waals surface area contributed by atoms with Gasteiger partial charge in [-0.05, 0) is 0 Å². The van der Waals surface area contributed by atoms with E-state index in [1.807, 2.05) is 0 Å². The highest BCUT2D eigenvalue weighted by atomic mass is 19.3. The Morgan fingerprint density at radius 3 is 2.64 bits per heavy atom. The number of rotatable bonds is 1. The number of alkyl halides is 2. The van der Waals surface area contributed by atoms with Crippen LogP contribution in [0.15, 0.2) is 0 Å². The Bertz CT molecular complexity index is 140. The van der Waals surface area contributed by atoms with Gasteiger partial charge < -0.3 is 14.9 Å². The highest BCUT2D eigenvalue weighted by molar-refractivity contribution is 4.88. The maximum Gasteiger partial charge on any atom is 0.301 e. The van der Waals surface area contributed by atoms with Crippen molar-refractivity contribution in [2.75, 3.05) is 13.2 Å². The predicted molar refractivity (Wildman–Crippen MR) is 32.4 cm³/mol. The van der Waals surface area contributed by atoms with Crippen LogP contribution in [0.1, 0.15) is 6.42 Å². The number of aliphatic hydroxyl groups excluding tert-OH is 2. The van der Waals surface area contributed by atoms with Crippen LogP contribution in [0.2, 0.25) is 0 Å². The van der Waals surface area contributed by atoms with Gasteiger partial charge in [-0.1, -0.05) is 0 Å². The Morgan fingerprint density at radius 1 is 1.55 bits per heavy atom. The van der Waals surface area contributed by atoms with Crippen molar-refractivity contribution in [3.05, 3.63) is 0 Å².